The van der Waals surface area contributed by atoms with Crippen LogP contribution in [0.15, 0.2) is 89.8 Å². The average Bonchev–Trinajstić information content (AvgIpc) is 2.72. The Morgan fingerprint density at radius 1 is 0.852 bits per heavy atom. The summed E-state index contributed by atoms with van der Waals surface area (Å²) in [5, 5.41) is 1.06. The van der Waals surface area contributed by atoms with E-state index in [1.54, 1.807) is 36.4 Å². The van der Waals surface area contributed by atoms with E-state index in [1.807, 2.05) is 55.5 Å². The fraction of sp³-hybridized carbons (Fsp3) is 0.0909. The van der Waals surface area contributed by atoms with Crippen LogP contribution < -0.4 is 5.06 Å². The van der Waals surface area contributed by atoms with Gasteiger partial charge in [0.05, 0.1) is 11.4 Å². The number of anilines is 1. The molecule has 0 aliphatic rings. The minimum Gasteiger partial charge on any atom is -0.332 e. The molecule has 0 unspecified atom stereocenters. The molecule has 3 aromatic rings. The quantitative estimate of drug-likeness (QED) is 0.469. The van der Waals surface area contributed by atoms with Crippen LogP contribution in [0.3, 0.4) is 0 Å². The molecule has 0 bridgehead atoms. The first-order valence-corrected chi connectivity index (χ1v) is 9.47. The molecule has 0 saturated carbocycles. The van der Waals surface area contributed by atoms with Gasteiger partial charge < -0.3 is 4.84 Å². The van der Waals surface area contributed by atoms with Gasteiger partial charge in [0.15, 0.2) is 0 Å². The fourth-order valence-electron chi connectivity index (χ4n) is 2.38. The van der Waals surface area contributed by atoms with Crippen LogP contribution in [0.5, 0.6) is 0 Å². The Labute approximate surface area is 162 Å². The maximum absolute atomic E-state index is 12.9. The molecule has 0 heterocycles. The van der Waals surface area contributed by atoms with Crippen LogP contribution >= 0.6 is 11.8 Å². The molecule has 0 aliphatic carbocycles. The standard InChI is InChI=1S/C22H19NO3S/c1-17-12-14-19(15-13-17)23(22(25)18-8-4-2-5-9-18)26-21(24)16-27-20-10-6-3-7-11-20/h2-15H,16H2,1H3. The lowest BCUT2D eigenvalue weighted by molar-refractivity contribution is -0.140. The number of carbonyl (C=O) groups is 2. The third-order valence-electron chi connectivity index (χ3n) is 3.77. The van der Waals surface area contributed by atoms with Crippen molar-refractivity contribution in [2.75, 3.05) is 10.8 Å². The molecule has 0 N–H and O–H groups in total. The molecule has 0 spiro atoms. The molecular weight excluding hydrogens is 358 g/mol. The summed E-state index contributed by atoms with van der Waals surface area (Å²) in [4.78, 5) is 31.6. The highest BCUT2D eigenvalue weighted by Gasteiger charge is 2.22. The molecule has 0 atom stereocenters. The number of benzene rings is 3. The van der Waals surface area contributed by atoms with E-state index in [1.165, 1.54) is 11.8 Å². The number of aryl methyl sites for hydroxylation is 1. The van der Waals surface area contributed by atoms with Crippen LogP contribution in [-0.2, 0) is 9.63 Å². The van der Waals surface area contributed by atoms with E-state index in [9.17, 15) is 9.59 Å². The van der Waals surface area contributed by atoms with Gasteiger partial charge in [-0.05, 0) is 43.3 Å². The van der Waals surface area contributed by atoms with Crippen molar-refractivity contribution in [3.63, 3.8) is 0 Å². The smallest absolute Gasteiger partial charge is 0.332 e. The van der Waals surface area contributed by atoms with Crippen molar-refractivity contribution in [2.24, 2.45) is 0 Å². The predicted octanol–water partition coefficient (Wildman–Crippen LogP) is 4.89. The van der Waals surface area contributed by atoms with E-state index in [-0.39, 0.29) is 5.75 Å². The number of hydroxylamine groups is 1. The molecule has 4 nitrogen and oxygen atoms in total. The second-order valence-electron chi connectivity index (χ2n) is 5.87. The molecular formula is C22H19NO3S. The fourth-order valence-corrected chi connectivity index (χ4v) is 3.06. The van der Waals surface area contributed by atoms with E-state index in [2.05, 4.69) is 0 Å². The minimum absolute atomic E-state index is 0.106. The lowest BCUT2D eigenvalue weighted by Gasteiger charge is -2.21. The van der Waals surface area contributed by atoms with Crippen molar-refractivity contribution < 1.29 is 14.4 Å². The van der Waals surface area contributed by atoms with Gasteiger partial charge in [0.1, 0.15) is 0 Å². The second kappa shape index (κ2) is 9.05. The maximum atomic E-state index is 12.9. The largest absolute Gasteiger partial charge is 0.343 e. The number of nitrogens with zero attached hydrogens (tertiary/aromatic N) is 1. The van der Waals surface area contributed by atoms with Gasteiger partial charge in [-0.2, -0.15) is 0 Å². The van der Waals surface area contributed by atoms with Crippen molar-refractivity contribution >= 4 is 29.3 Å². The molecule has 3 rings (SSSR count). The number of amides is 1. The SMILES string of the molecule is Cc1ccc(N(OC(=O)CSc2ccccc2)C(=O)c2ccccc2)cc1. The van der Waals surface area contributed by atoms with Crippen LogP contribution in [0.4, 0.5) is 5.69 Å². The second-order valence-corrected chi connectivity index (χ2v) is 6.91. The van der Waals surface area contributed by atoms with E-state index in [4.69, 9.17) is 4.84 Å². The zero-order valence-electron chi connectivity index (χ0n) is 14.9. The molecule has 0 radical (unpaired) electrons. The molecule has 5 heteroatoms. The van der Waals surface area contributed by atoms with Gasteiger partial charge in [-0.3, -0.25) is 4.79 Å². The van der Waals surface area contributed by atoms with Crippen molar-refractivity contribution in [2.45, 2.75) is 11.8 Å². The van der Waals surface area contributed by atoms with E-state index < -0.39 is 11.9 Å². The summed E-state index contributed by atoms with van der Waals surface area (Å²) in [6.45, 7) is 1.95. The highest BCUT2D eigenvalue weighted by Crippen LogP contribution is 2.21. The third kappa shape index (κ3) is 5.21. The molecule has 0 aromatic heterocycles. The van der Waals surface area contributed by atoms with Crippen molar-refractivity contribution in [3.8, 4) is 0 Å². The zero-order valence-corrected chi connectivity index (χ0v) is 15.7. The van der Waals surface area contributed by atoms with Gasteiger partial charge in [-0.25, -0.2) is 4.79 Å². The Morgan fingerprint density at radius 2 is 1.44 bits per heavy atom. The monoisotopic (exact) mass is 377 g/mol. The molecule has 27 heavy (non-hydrogen) atoms. The van der Waals surface area contributed by atoms with Crippen LogP contribution in [0.1, 0.15) is 15.9 Å². The summed E-state index contributed by atoms with van der Waals surface area (Å²) in [5.41, 5.74) is 2.01. The van der Waals surface area contributed by atoms with E-state index in [0.717, 1.165) is 15.5 Å². The predicted molar refractivity (Wildman–Crippen MR) is 108 cm³/mol. The lowest BCUT2D eigenvalue weighted by Crippen LogP contribution is -2.34. The van der Waals surface area contributed by atoms with Crippen LogP contribution in [0.25, 0.3) is 0 Å². The number of hydrogen-bond acceptors (Lipinski definition) is 4. The first-order chi connectivity index (χ1) is 13.1. The highest BCUT2D eigenvalue weighted by molar-refractivity contribution is 8.00. The van der Waals surface area contributed by atoms with E-state index >= 15 is 0 Å². The first-order valence-electron chi connectivity index (χ1n) is 8.48. The van der Waals surface area contributed by atoms with Crippen LogP contribution in [-0.4, -0.2) is 17.6 Å². The normalized spacial score (nSPS) is 10.3. The van der Waals surface area contributed by atoms with Crippen molar-refractivity contribution in [3.05, 3.63) is 96.1 Å². The van der Waals surface area contributed by atoms with Gasteiger partial charge in [-0.1, -0.05) is 54.1 Å². The number of hydrogen-bond donors (Lipinski definition) is 0. The van der Waals surface area contributed by atoms with Gasteiger partial charge in [0, 0.05) is 10.5 Å². The molecule has 0 aliphatic heterocycles. The Balaban J connectivity index is 1.76. The molecule has 136 valence electrons. The molecule has 3 aromatic carbocycles. The summed E-state index contributed by atoms with van der Waals surface area (Å²) in [5.74, 6) is -0.778. The topological polar surface area (TPSA) is 46.6 Å². The summed E-state index contributed by atoms with van der Waals surface area (Å²) in [6, 6.07) is 25.6. The Kier molecular flexibility index (Phi) is 6.28. The van der Waals surface area contributed by atoms with Crippen molar-refractivity contribution in [1.29, 1.82) is 0 Å². The van der Waals surface area contributed by atoms with Gasteiger partial charge in [-0.15, -0.1) is 16.8 Å². The van der Waals surface area contributed by atoms with Crippen molar-refractivity contribution in [1.82, 2.24) is 0 Å². The summed E-state index contributed by atoms with van der Waals surface area (Å²) >= 11 is 1.36. The molecule has 1 amide bonds. The van der Waals surface area contributed by atoms with Crippen LogP contribution in [0, 0.1) is 6.92 Å². The maximum Gasteiger partial charge on any atom is 0.343 e. The average molecular weight is 377 g/mol. The van der Waals surface area contributed by atoms with Gasteiger partial charge in [0.25, 0.3) is 5.91 Å². The first kappa shape index (κ1) is 18.7. The number of thioether (sulfide) groups is 1. The zero-order chi connectivity index (χ0) is 19.1. The summed E-state index contributed by atoms with van der Waals surface area (Å²) in [7, 11) is 0. The van der Waals surface area contributed by atoms with Gasteiger partial charge in [0.2, 0.25) is 0 Å². The van der Waals surface area contributed by atoms with Gasteiger partial charge >= 0.3 is 5.97 Å². The molecule has 0 fully saturated rings. The Bertz CT molecular complexity index is 896. The lowest BCUT2D eigenvalue weighted by atomic mass is 10.2. The summed E-state index contributed by atoms with van der Waals surface area (Å²) < 4.78 is 0. The highest BCUT2D eigenvalue weighted by atomic mass is 32.2. The Hall–Kier alpha value is -3.05. The van der Waals surface area contributed by atoms with Crippen LogP contribution in [0.2, 0.25) is 0 Å². The molecule has 0 saturated heterocycles. The number of carbonyl (C=O) groups excluding carboxylic acids is 2. The Morgan fingerprint density at radius 3 is 2.07 bits per heavy atom. The number of rotatable bonds is 5. The minimum atomic E-state index is -0.492. The van der Waals surface area contributed by atoms with E-state index in [0.29, 0.717) is 11.3 Å². The third-order valence-corrected chi connectivity index (χ3v) is 4.75. The summed E-state index contributed by atoms with van der Waals surface area (Å²) in [6.07, 6.45) is 0.